The number of nitro benzene ring substituents is 1. The molecule has 2 heterocycles. The highest BCUT2D eigenvalue weighted by molar-refractivity contribution is 6.43. The minimum absolute atomic E-state index is 0.0227. The van der Waals surface area contributed by atoms with E-state index in [1.165, 1.54) is 24.3 Å². The number of imide groups is 1. The molecular formula is C17H10Cl2N2O6. The molecule has 138 valence electrons. The summed E-state index contributed by atoms with van der Waals surface area (Å²) in [6, 6.07) is 5.31. The van der Waals surface area contributed by atoms with E-state index in [1.54, 1.807) is 0 Å². The van der Waals surface area contributed by atoms with E-state index in [1.807, 2.05) is 0 Å². The van der Waals surface area contributed by atoms with Crippen LogP contribution in [0.2, 0.25) is 10.0 Å². The van der Waals surface area contributed by atoms with Crippen LogP contribution in [0.25, 0.3) is 0 Å². The minimum atomic E-state index is -0.555. The van der Waals surface area contributed by atoms with E-state index in [2.05, 4.69) is 0 Å². The van der Waals surface area contributed by atoms with Gasteiger partial charge in [0.15, 0.2) is 6.79 Å². The number of nitrogens with zero attached hydrogens (tertiary/aromatic N) is 2. The molecule has 0 unspecified atom stereocenters. The lowest BCUT2D eigenvalue weighted by Gasteiger charge is -2.22. The van der Waals surface area contributed by atoms with Crippen LogP contribution in [-0.2, 0) is 17.9 Å². The Morgan fingerprint density at radius 3 is 2.30 bits per heavy atom. The van der Waals surface area contributed by atoms with Gasteiger partial charge in [-0.15, -0.1) is 0 Å². The molecule has 2 aromatic rings. The van der Waals surface area contributed by atoms with Gasteiger partial charge in [0.05, 0.1) is 39.2 Å². The highest BCUT2D eigenvalue weighted by atomic mass is 35.5. The maximum Gasteiger partial charge on any atom is 0.270 e. The van der Waals surface area contributed by atoms with E-state index in [0.29, 0.717) is 16.9 Å². The third-order valence-corrected chi connectivity index (χ3v) is 5.04. The summed E-state index contributed by atoms with van der Waals surface area (Å²) >= 11 is 11.9. The van der Waals surface area contributed by atoms with Crippen molar-refractivity contribution in [1.82, 2.24) is 4.90 Å². The van der Waals surface area contributed by atoms with E-state index in [4.69, 9.17) is 32.7 Å². The number of hydrogen-bond acceptors (Lipinski definition) is 6. The Morgan fingerprint density at radius 2 is 1.70 bits per heavy atom. The second-order valence-electron chi connectivity index (χ2n) is 5.97. The molecule has 0 atom stereocenters. The summed E-state index contributed by atoms with van der Waals surface area (Å²) < 4.78 is 10.6. The second kappa shape index (κ2) is 6.49. The van der Waals surface area contributed by atoms with Gasteiger partial charge in [0, 0.05) is 23.3 Å². The Morgan fingerprint density at radius 1 is 1.07 bits per heavy atom. The van der Waals surface area contributed by atoms with E-state index in [9.17, 15) is 19.7 Å². The van der Waals surface area contributed by atoms with Crippen LogP contribution in [0.4, 0.5) is 5.69 Å². The number of hydrogen-bond donors (Lipinski definition) is 0. The van der Waals surface area contributed by atoms with Crippen molar-refractivity contribution in [3.8, 4) is 5.75 Å². The smallest absolute Gasteiger partial charge is 0.270 e. The average molecular weight is 409 g/mol. The highest BCUT2D eigenvalue weighted by Gasteiger charge is 2.37. The first-order valence-corrected chi connectivity index (χ1v) is 8.48. The first-order valence-electron chi connectivity index (χ1n) is 7.73. The predicted octanol–water partition coefficient (Wildman–Crippen LogP) is 3.56. The molecule has 0 spiro atoms. The normalized spacial score (nSPS) is 15.4. The van der Waals surface area contributed by atoms with Crippen molar-refractivity contribution in [2.75, 3.05) is 6.79 Å². The summed E-state index contributed by atoms with van der Waals surface area (Å²) in [4.78, 5) is 37.0. The molecule has 0 aliphatic carbocycles. The molecule has 0 saturated carbocycles. The summed E-state index contributed by atoms with van der Waals surface area (Å²) in [7, 11) is 0. The summed E-state index contributed by atoms with van der Waals surface area (Å²) in [6.45, 7) is -0.0753. The monoisotopic (exact) mass is 408 g/mol. The SMILES string of the molecule is O=C1c2cc(Cl)c(Cl)cc2C(=O)N1Cc1cc([N+](=O)[O-])cc2c1OCOC2. The molecule has 2 aromatic carbocycles. The molecule has 2 amide bonds. The molecule has 0 fully saturated rings. The average Bonchev–Trinajstić information content (AvgIpc) is 2.86. The Bertz CT molecular complexity index is 982. The number of fused-ring (bicyclic) bond motifs is 2. The molecule has 0 aromatic heterocycles. The molecule has 27 heavy (non-hydrogen) atoms. The van der Waals surface area contributed by atoms with Crippen molar-refractivity contribution >= 4 is 40.7 Å². The number of non-ortho nitro benzene ring substituents is 1. The number of carbonyl (C=O) groups excluding carboxylic acids is 2. The summed E-state index contributed by atoms with van der Waals surface area (Å²) in [5.41, 5.74) is 0.916. The quantitative estimate of drug-likeness (QED) is 0.437. The Kier molecular flexibility index (Phi) is 4.26. The number of carbonyl (C=O) groups is 2. The van der Waals surface area contributed by atoms with Crippen LogP contribution in [0.3, 0.4) is 0 Å². The van der Waals surface area contributed by atoms with Crippen molar-refractivity contribution in [2.45, 2.75) is 13.2 Å². The number of ether oxygens (including phenoxy) is 2. The third-order valence-electron chi connectivity index (χ3n) is 4.32. The minimum Gasteiger partial charge on any atom is -0.467 e. The van der Waals surface area contributed by atoms with Gasteiger partial charge in [-0.3, -0.25) is 24.6 Å². The fourth-order valence-electron chi connectivity index (χ4n) is 3.10. The Hall–Kier alpha value is -2.68. The molecular weight excluding hydrogens is 399 g/mol. The summed E-state index contributed by atoms with van der Waals surface area (Å²) in [6.07, 6.45) is 0. The molecule has 2 aliphatic heterocycles. The van der Waals surface area contributed by atoms with Crippen molar-refractivity contribution < 1.29 is 24.0 Å². The van der Waals surface area contributed by atoms with E-state index < -0.39 is 16.7 Å². The summed E-state index contributed by atoms with van der Waals surface area (Å²) in [5.74, 6) is -0.735. The molecule has 2 aliphatic rings. The van der Waals surface area contributed by atoms with Gasteiger partial charge in [0.2, 0.25) is 0 Å². The second-order valence-corrected chi connectivity index (χ2v) is 6.78. The van der Waals surface area contributed by atoms with Crippen LogP contribution in [-0.4, -0.2) is 28.4 Å². The third kappa shape index (κ3) is 2.91. The predicted molar refractivity (Wildman–Crippen MR) is 94.0 cm³/mol. The topological polar surface area (TPSA) is 99.0 Å². The maximum absolute atomic E-state index is 12.7. The van der Waals surface area contributed by atoms with Crippen molar-refractivity contribution in [3.63, 3.8) is 0 Å². The van der Waals surface area contributed by atoms with Gasteiger partial charge in [-0.05, 0) is 12.1 Å². The molecule has 8 nitrogen and oxygen atoms in total. The van der Waals surface area contributed by atoms with E-state index in [0.717, 1.165) is 4.90 Å². The van der Waals surface area contributed by atoms with E-state index in [-0.39, 0.29) is 46.8 Å². The molecule has 0 saturated heterocycles. The lowest BCUT2D eigenvalue weighted by molar-refractivity contribution is -0.385. The Balaban J connectivity index is 1.75. The van der Waals surface area contributed by atoms with Crippen molar-refractivity contribution in [2.24, 2.45) is 0 Å². The van der Waals surface area contributed by atoms with Gasteiger partial charge in [0.1, 0.15) is 5.75 Å². The first-order chi connectivity index (χ1) is 12.9. The lowest BCUT2D eigenvalue weighted by atomic mass is 10.1. The number of amides is 2. The van der Waals surface area contributed by atoms with Gasteiger partial charge in [0.25, 0.3) is 17.5 Å². The highest BCUT2D eigenvalue weighted by Crippen LogP contribution is 2.36. The molecule has 0 N–H and O–H groups in total. The van der Waals surface area contributed by atoms with Crippen molar-refractivity contribution in [3.05, 3.63) is 66.7 Å². The van der Waals surface area contributed by atoms with Crippen LogP contribution < -0.4 is 4.74 Å². The van der Waals surface area contributed by atoms with Gasteiger partial charge >= 0.3 is 0 Å². The molecule has 0 radical (unpaired) electrons. The van der Waals surface area contributed by atoms with Gasteiger partial charge in [-0.1, -0.05) is 23.2 Å². The van der Waals surface area contributed by atoms with Crippen LogP contribution >= 0.6 is 23.2 Å². The fourth-order valence-corrected chi connectivity index (χ4v) is 3.43. The molecule has 10 heteroatoms. The molecule has 0 bridgehead atoms. The zero-order chi connectivity index (χ0) is 19.3. The van der Waals surface area contributed by atoms with Gasteiger partial charge < -0.3 is 9.47 Å². The maximum atomic E-state index is 12.7. The largest absolute Gasteiger partial charge is 0.467 e. The summed E-state index contributed by atoms with van der Waals surface area (Å²) in [5, 5.41) is 11.5. The number of benzene rings is 2. The zero-order valence-electron chi connectivity index (χ0n) is 13.5. The Labute approximate surface area is 162 Å². The van der Waals surface area contributed by atoms with Gasteiger partial charge in [-0.2, -0.15) is 0 Å². The lowest BCUT2D eigenvalue weighted by Crippen LogP contribution is -2.29. The van der Waals surface area contributed by atoms with Crippen LogP contribution in [0.1, 0.15) is 31.8 Å². The van der Waals surface area contributed by atoms with E-state index >= 15 is 0 Å². The van der Waals surface area contributed by atoms with Crippen LogP contribution in [0, 0.1) is 10.1 Å². The number of rotatable bonds is 3. The molecule has 4 rings (SSSR count). The van der Waals surface area contributed by atoms with Crippen LogP contribution in [0.15, 0.2) is 24.3 Å². The van der Waals surface area contributed by atoms with Crippen LogP contribution in [0.5, 0.6) is 5.75 Å². The zero-order valence-corrected chi connectivity index (χ0v) is 15.0. The number of halogens is 2. The first kappa shape index (κ1) is 17.7. The van der Waals surface area contributed by atoms with Gasteiger partial charge in [-0.25, -0.2) is 0 Å². The fraction of sp³-hybridized carbons (Fsp3) is 0.176. The van der Waals surface area contributed by atoms with Crippen molar-refractivity contribution in [1.29, 1.82) is 0 Å². The number of nitro groups is 1. The standard InChI is InChI=1S/C17H10Cl2N2O6/c18-13-3-11-12(4-14(13)19)17(23)20(16(11)22)5-8-1-10(21(24)25)2-9-6-26-7-27-15(8)9/h1-4H,5-7H2.